The van der Waals surface area contributed by atoms with Gasteiger partial charge in [0.2, 0.25) is 15.9 Å². The van der Waals surface area contributed by atoms with E-state index in [1.54, 1.807) is 6.07 Å². The van der Waals surface area contributed by atoms with Crippen LogP contribution in [0.25, 0.3) is 11.1 Å². The Bertz CT molecular complexity index is 1170. The van der Waals surface area contributed by atoms with Gasteiger partial charge in [-0.2, -0.15) is 5.26 Å². The average Bonchev–Trinajstić information content (AvgIpc) is 2.66. The van der Waals surface area contributed by atoms with Crippen molar-refractivity contribution in [3.05, 3.63) is 53.1 Å². The zero-order valence-electron chi connectivity index (χ0n) is 18.6. The van der Waals surface area contributed by atoms with E-state index < -0.39 is 27.0 Å². The van der Waals surface area contributed by atoms with Crippen LogP contribution in [0.1, 0.15) is 50.4 Å². The lowest BCUT2D eigenvalue weighted by molar-refractivity contribution is -0.118. The van der Waals surface area contributed by atoms with Gasteiger partial charge in [0.1, 0.15) is 22.8 Å². The maximum absolute atomic E-state index is 14.4. The molecule has 0 aliphatic carbocycles. The van der Waals surface area contributed by atoms with Crippen LogP contribution in [0.2, 0.25) is 0 Å². The molecule has 2 heterocycles. The van der Waals surface area contributed by atoms with Gasteiger partial charge in [-0.1, -0.05) is 13.8 Å². The molecule has 7 nitrogen and oxygen atoms in total. The van der Waals surface area contributed by atoms with Gasteiger partial charge in [0.25, 0.3) is 0 Å². The summed E-state index contributed by atoms with van der Waals surface area (Å²) in [6.45, 7) is 8.49. The van der Waals surface area contributed by atoms with Crippen LogP contribution in [0.15, 0.2) is 30.5 Å². The number of sulfonamides is 1. The number of benzene rings is 1. The van der Waals surface area contributed by atoms with Gasteiger partial charge in [0.15, 0.2) is 0 Å². The van der Waals surface area contributed by atoms with E-state index in [0.29, 0.717) is 35.3 Å². The normalized spacial score (nSPS) is 14.9. The number of likely N-dealkylation sites (tertiary alicyclic amines) is 1. The van der Waals surface area contributed by atoms with E-state index >= 15 is 0 Å². The van der Waals surface area contributed by atoms with Crippen molar-refractivity contribution in [3.8, 4) is 17.2 Å². The molecule has 1 fully saturated rings. The molecule has 170 valence electrons. The fourth-order valence-corrected chi connectivity index (χ4v) is 5.14. The lowest BCUT2D eigenvalue weighted by Gasteiger charge is -2.41. The molecule has 0 radical (unpaired) electrons. The minimum absolute atomic E-state index is 0.104. The molecular weight excluding hydrogens is 431 g/mol. The van der Waals surface area contributed by atoms with Crippen LogP contribution in [0, 0.1) is 17.1 Å². The highest BCUT2D eigenvalue weighted by atomic mass is 32.2. The maximum atomic E-state index is 14.4. The Morgan fingerprint density at radius 3 is 2.56 bits per heavy atom. The first kappa shape index (κ1) is 23.8. The third-order valence-electron chi connectivity index (χ3n) is 5.70. The predicted octanol–water partition coefficient (Wildman–Crippen LogP) is 2.96. The number of nitrogens with one attached hydrogen (secondary N) is 1. The fraction of sp³-hybridized carbons (Fsp3) is 0.435. The molecular formula is C23H27FN4O3S. The van der Waals surface area contributed by atoms with Crippen LogP contribution >= 0.6 is 0 Å². The van der Waals surface area contributed by atoms with Crippen LogP contribution in [0.4, 0.5) is 4.39 Å². The van der Waals surface area contributed by atoms with Crippen molar-refractivity contribution < 1.29 is 17.6 Å². The minimum Gasteiger partial charge on any atom is -0.298 e. The van der Waals surface area contributed by atoms with E-state index in [4.69, 9.17) is 5.26 Å². The van der Waals surface area contributed by atoms with Gasteiger partial charge in [-0.3, -0.25) is 14.4 Å². The molecule has 0 saturated carbocycles. The standard InChI is InChI=1S/C23H27FN4O3S/c1-14(2)20-8-17(24)9-21(16-5-6-26-18(7-16)11-25)22(20)10-23(29)27-32(30,31)19-12-28(13-19)15(3)4/h5-9,14-15,19H,10,12-13H2,1-4H3,(H,27,29). The summed E-state index contributed by atoms with van der Waals surface area (Å²) < 4.78 is 41.9. The Labute approximate surface area is 188 Å². The number of hydrogen-bond donors (Lipinski definition) is 1. The van der Waals surface area contributed by atoms with E-state index in [-0.39, 0.29) is 24.1 Å². The van der Waals surface area contributed by atoms with Crippen molar-refractivity contribution >= 4 is 15.9 Å². The number of pyridine rings is 1. The van der Waals surface area contributed by atoms with E-state index in [9.17, 15) is 17.6 Å². The van der Waals surface area contributed by atoms with Crippen LogP contribution in [0.3, 0.4) is 0 Å². The largest absolute Gasteiger partial charge is 0.298 e. The molecule has 1 aliphatic heterocycles. The van der Waals surface area contributed by atoms with E-state index in [1.807, 2.05) is 38.7 Å². The van der Waals surface area contributed by atoms with Gasteiger partial charge in [0, 0.05) is 25.3 Å². The maximum Gasteiger partial charge on any atom is 0.240 e. The fourth-order valence-electron chi connectivity index (χ4n) is 3.81. The first-order chi connectivity index (χ1) is 15.0. The molecule has 1 aromatic heterocycles. The summed E-state index contributed by atoms with van der Waals surface area (Å²) in [6, 6.07) is 8.01. The van der Waals surface area contributed by atoms with Crippen LogP contribution in [-0.2, 0) is 21.2 Å². The molecule has 1 amide bonds. The van der Waals surface area contributed by atoms with Gasteiger partial charge in [-0.25, -0.2) is 17.8 Å². The predicted molar refractivity (Wildman–Crippen MR) is 120 cm³/mol. The second kappa shape index (κ2) is 9.35. The van der Waals surface area contributed by atoms with Crippen molar-refractivity contribution in [2.45, 2.75) is 51.3 Å². The van der Waals surface area contributed by atoms with E-state index in [0.717, 1.165) is 0 Å². The zero-order chi connectivity index (χ0) is 23.6. The van der Waals surface area contributed by atoms with Gasteiger partial charge < -0.3 is 0 Å². The first-order valence-electron chi connectivity index (χ1n) is 10.5. The summed E-state index contributed by atoms with van der Waals surface area (Å²) in [5, 5.41) is 8.53. The van der Waals surface area contributed by atoms with E-state index in [1.165, 1.54) is 24.4 Å². The summed E-state index contributed by atoms with van der Waals surface area (Å²) in [6.07, 6.45) is 1.21. The SMILES string of the molecule is CC(C)c1cc(F)cc(-c2ccnc(C#N)c2)c1CC(=O)NS(=O)(=O)C1CN(C(C)C)C1. The summed E-state index contributed by atoms with van der Waals surface area (Å²) in [5.74, 6) is -1.25. The summed E-state index contributed by atoms with van der Waals surface area (Å²) in [5.41, 5.74) is 2.28. The Kier molecular flexibility index (Phi) is 6.96. The summed E-state index contributed by atoms with van der Waals surface area (Å²) >= 11 is 0. The molecule has 1 N–H and O–H groups in total. The molecule has 9 heteroatoms. The van der Waals surface area contributed by atoms with Crippen molar-refractivity contribution in [3.63, 3.8) is 0 Å². The molecule has 1 aromatic carbocycles. The molecule has 2 aromatic rings. The Hall–Kier alpha value is -2.83. The van der Waals surface area contributed by atoms with Crippen LogP contribution in [0.5, 0.6) is 0 Å². The van der Waals surface area contributed by atoms with Crippen molar-refractivity contribution in [1.29, 1.82) is 5.26 Å². The molecule has 0 atom stereocenters. The second-order valence-corrected chi connectivity index (χ2v) is 10.6. The zero-order valence-corrected chi connectivity index (χ0v) is 19.4. The molecule has 0 unspecified atom stereocenters. The van der Waals surface area contributed by atoms with Crippen LogP contribution < -0.4 is 4.72 Å². The van der Waals surface area contributed by atoms with Crippen molar-refractivity contribution in [2.75, 3.05) is 13.1 Å². The molecule has 0 bridgehead atoms. The first-order valence-corrected chi connectivity index (χ1v) is 12.0. The van der Waals surface area contributed by atoms with Gasteiger partial charge >= 0.3 is 0 Å². The highest BCUT2D eigenvalue weighted by Crippen LogP contribution is 2.32. The van der Waals surface area contributed by atoms with Gasteiger partial charge in [-0.05, 0) is 66.3 Å². The molecule has 0 spiro atoms. The number of halogens is 1. The monoisotopic (exact) mass is 458 g/mol. The van der Waals surface area contributed by atoms with Gasteiger partial charge in [0.05, 0.1) is 6.42 Å². The van der Waals surface area contributed by atoms with Crippen molar-refractivity contribution in [1.82, 2.24) is 14.6 Å². The Balaban J connectivity index is 1.91. The summed E-state index contributed by atoms with van der Waals surface area (Å²) in [4.78, 5) is 18.7. The van der Waals surface area contributed by atoms with Crippen LogP contribution in [-0.4, -0.2) is 48.6 Å². The topological polar surface area (TPSA) is 103 Å². The number of hydrogen-bond acceptors (Lipinski definition) is 6. The second-order valence-electron chi connectivity index (χ2n) is 8.63. The number of aromatic nitrogens is 1. The molecule has 1 aliphatic rings. The number of rotatable bonds is 7. The number of carbonyl (C=O) groups excluding carboxylic acids is 1. The Morgan fingerprint density at radius 1 is 1.28 bits per heavy atom. The molecule has 1 saturated heterocycles. The minimum atomic E-state index is -3.81. The third kappa shape index (κ3) is 5.14. The van der Waals surface area contributed by atoms with E-state index in [2.05, 4.69) is 9.71 Å². The van der Waals surface area contributed by atoms with Crippen molar-refractivity contribution in [2.24, 2.45) is 0 Å². The number of carbonyl (C=O) groups is 1. The molecule has 3 rings (SSSR count). The third-order valence-corrected chi connectivity index (χ3v) is 7.38. The average molecular weight is 459 g/mol. The number of nitrogens with zero attached hydrogens (tertiary/aromatic N) is 3. The molecule has 32 heavy (non-hydrogen) atoms. The summed E-state index contributed by atoms with van der Waals surface area (Å²) in [7, 11) is -3.81. The highest BCUT2D eigenvalue weighted by molar-refractivity contribution is 7.90. The highest BCUT2D eigenvalue weighted by Gasteiger charge is 2.39. The lowest BCUT2D eigenvalue weighted by atomic mass is 9.88. The number of nitriles is 1. The smallest absolute Gasteiger partial charge is 0.240 e. The lowest BCUT2D eigenvalue weighted by Crippen LogP contribution is -2.60. The Morgan fingerprint density at radius 2 is 1.97 bits per heavy atom. The number of amides is 1. The quantitative estimate of drug-likeness (QED) is 0.684. The van der Waals surface area contributed by atoms with Gasteiger partial charge in [-0.15, -0.1) is 0 Å².